The minimum Gasteiger partial charge on any atom is -0.506 e. The summed E-state index contributed by atoms with van der Waals surface area (Å²) in [5, 5.41) is 14.5. The Bertz CT molecular complexity index is 1060. The topological polar surface area (TPSA) is 98.7 Å². The lowest BCUT2D eigenvalue weighted by Crippen LogP contribution is -2.47. The van der Waals surface area contributed by atoms with E-state index in [1.54, 1.807) is 11.0 Å². The molecule has 0 saturated carbocycles. The highest BCUT2D eigenvalue weighted by Gasteiger charge is 2.25. The van der Waals surface area contributed by atoms with E-state index in [1.165, 1.54) is 6.07 Å². The molecule has 0 atom stereocenters. The van der Waals surface area contributed by atoms with Gasteiger partial charge in [-0.1, -0.05) is 48.0 Å². The third-order valence-electron chi connectivity index (χ3n) is 5.28. The molecule has 2 aromatic carbocycles. The number of sulfonamides is 1. The monoisotopic (exact) mass is 463 g/mol. The van der Waals surface area contributed by atoms with Crippen LogP contribution in [0.5, 0.6) is 5.75 Å². The highest BCUT2D eigenvalue weighted by atomic mass is 35.5. The molecule has 1 aliphatic heterocycles. The molecule has 9 heteroatoms. The lowest BCUT2D eigenvalue weighted by atomic mass is 10.0. The third kappa shape index (κ3) is 6.00. The molecule has 3 N–H and O–H groups in total. The van der Waals surface area contributed by atoms with Crippen molar-refractivity contribution >= 4 is 33.2 Å². The number of rotatable bonds is 7. The number of aryl methyl sites for hydroxylation is 1. The van der Waals surface area contributed by atoms with E-state index in [0.29, 0.717) is 36.6 Å². The van der Waals surface area contributed by atoms with Gasteiger partial charge in [0.2, 0.25) is 15.9 Å². The first-order valence-corrected chi connectivity index (χ1v) is 11.9. The van der Waals surface area contributed by atoms with Crippen LogP contribution in [0.4, 0.5) is 5.69 Å². The molecule has 0 unspecified atom stereocenters. The lowest BCUT2D eigenvalue weighted by Gasteiger charge is -2.32. The van der Waals surface area contributed by atoms with Gasteiger partial charge in [0.05, 0.1) is 17.3 Å². The second kappa shape index (κ2) is 9.72. The van der Waals surface area contributed by atoms with Gasteiger partial charge in [0.15, 0.2) is 0 Å². The summed E-state index contributed by atoms with van der Waals surface area (Å²) in [5.74, 6) is -0.164. The summed E-state index contributed by atoms with van der Waals surface area (Å²) in [6.45, 7) is 6.19. The Morgan fingerprint density at radius 1 is 1.26 bits per heavy atom. The van der Waals surface area contributed by atoms with Crippen LogP contribution in [0.3, 0.4) is 0 Å². The van der Waals surface area contributed by atoms with Crippen molar-refractivity contribution in [2.24, 2.45) is 0 Å². The Kier molecular flexibility index (Phi) is 7.25. The van der Waals surface area contributed by atoms with Crippen molar-refractivity contribution < 1.29 is 18.3 Å². The molecular formula is C22H26ClN3O4S. The maximum atomic E-state index is 12.6. The average molecular weight is 464 g/mol. The van der Waals surface area contributed by atoms with Crippen molar-refractivity contribution in [1.82, 2.24) is 9.62 Å². The van der Waals surface area contributed by atoms with E-state index in [0.717, 1.165) is 22.1 Å². The number of nitrogens with zero attached hydrogens (tertiary/aromatic N) is 1. The number of carbonyl (C=O) groups is 1. The fraction of sp³-hybridized carbons (Fsp3) is 0.318. The molecule has 1 heterocycles. The second-order valence-electron chi connectivity index (χ2n) is 7.55. The Balaban J connectivity index is 1.61. The van der Waals surface area contributed by atoms with Gasteiger partial charge in [0.25, 0.3) is 0 Å². The number of carbonyl (C=O) groups excluding carboxylic acids is 1. The van der Waals surface area contributed by atoms with Crippen LogP contribution < -0.4 is 10.0 Å². The maximum Gasteiger partial charge on any atom is 0.241 e. The van der Waals surface area contributed by atoms with Crippen molar-refractivity contribution in [2.45, 2.75) is 25.8 Å². The molecule has 1 aliphatic rings. The fourth-order valence-corrected chi connectivity index (χ4v) is 4.53. The molecule has 0 aromatic heterocycles. The van der Waals surface area contributed by atoms with E-state index < -0.39 is 10.0 Å². The Hall–Kier alpha value is -2.55. The van der Waals surface area contributed by atoms with E-state index in [1.807, 2.05) is 31.2 Å². The summed E-state index contributed by atoms with van der Waals surface area (Å²) in [7, 11) is -3.48. The van der Waals surface area contributed by atoms with Gasteiger partial charge in [-0.05, 0) is 31.4 Å². The number of amides is 1. The van der Waals surface area contributed by atoms with E-state index in [2.05, 4.69) is 16.6 Å². The van der Waals surface area contributed by atoms with Crippen LogP contribution >= 0.6 is 11.6 Å². The molecular weight excluding hydrogens is 438 g/mol. The molecule has 0 aliphatic carbocycles. The van der Waals surface area contributed by atoms with Crippen LogP contribution in [-0.2, 0) is 14.8 Å². The standard InChI is InChI=1S/C22H26ClN3O4S/c1-3-31(29,30)25-17-8-10-26(11-9-17)22(28)14-24-20-12-18(19(23)13-21(20)27)16-6-4-15(2)5-7-16/h3-7,12-13,17,24-25,27H,1,8-11,14H2,2H3. The Labute approximate surface area is 187 Å². The van der Waals surface area contributed by atoms with Crippen molar-refractivity contribution in [3.63, 3.8) is 0 Å². The van der Waals surface area contributed by atoms with Gasteiger partial charge >= 0.3 is 0 Å². The number of nitrogens with one attached hydrogen (secondary N) is 2. The first-order valence-electron chi connectivity index (χ1n) is 9.94. The first kappa shape index (κ1) is 23.1. The lowest BCUT2D eigenvalue weighted by molar-refractivity contribution is -0.130. The van der Waals surface area contributed by atoms with Crippen LogP contribution in [0, 0.1) is 6.92 Å². The van der Waals surface area contributed by atoms with Crippen molar-refractivity contribution in [3.8, 4) is 16.9 Å². The van der Waals surface area contributed by atoms with Gasteiger partial charge in [-0.2, -0.15) is 0 Å². The number of aromatic hydroxyl groups is 1. The minimum atomic E-state index is -3.48. The number of phenols is 1. The van der Waals surface area contributed by atoms with Crippen molar-refractivity contribution in [3.05, 3.63) is 59.0 Å². The second-order valence-corrected chi connectivity index (χ2v) is 9.62. The molecule has 166 valence electrons. The predicted octanol–water partition coefficient (Wildman–Crippen LogP) is 3.49. The number of hydrogen-bond donors (Lipinski definition) is 3. The van der Waals surface area contributed by atoms with Gasteiger partial charge < -0.3 is 15.3 Å². The largest absolute Gasteiger partial charge is 0.506 e. The maximum absolute atomic E-state index is 12.6. The highest BCUT2D eigenvalue weighted by Crippen LogP contribution is 2.36. The summed E-state index contributed by atoms with van der Waals surface area (Å²) in [6.07, 6.45) is 1.06. The summed E-state index contributed by atoms with van der Waals surface area (Å²) in [5.41, 5.74) is 3.21. The zero-order valence-corrected chi connectivity index (χ0v) is 18.8. The van der Waals surface area contributed by atoms with Gasteiger partial charge in [0.1, 0.15) is 5.75 Å². The number of hydrogen-bond acceptors (Lipinski definition) is 5. The quantitative estimate of drug-likeness (QED) is 0.546. The van der Waals surface area contributed by atoms with Crippen LogP contribution in [-0.4, -0.2) is 50.0 Å². The predicted molar refractivity (Wildman–Crippen MR) is 124 cm³/mol. The smallest absolute Gasteiger partial charge is 0.241 e. The van der Waals surface area contributed by atoms with E-state index >= 15 is 0 Å². The normalized spacial score (nSPS) is 15.0. The summed E-state index contributed by atoms with van der Waals surface area (Å²) in [4.78, 5) is 14.3. The summed E-state index contributed by atoms with van der Waals surface area (Å²) in [6, 6.07) is 10.8. The number of anilines is 1. The van der Waals surface area contributed by atoms with Gasteiger partial charge in [-0.15, -0.1) is 0 Å². The number of likely N-dealkylation sites (tertiary alicyclic amines) is 1. The molecule has 31 heavy (non-hydrogen) atoms. The number of halogens is 1. The van der Waals surface area contributed by atoms with E-state index in [4.69, 9.17) is 11.6 Å². The first-order chi connectivity index (χ1) is 14.7. The van der Waals surface area contributed by atoms with Gasteiger partial charge in [-0.3, -0.25) is 4.79 Å². The Morgan fingerprint density at radius 2 is 1.90 bits per heavy atom. The number of piperidine rings is 1. The average Bonchev–Trinajstić information content (AvgIpc) is 2.74. The van der Waals surface area contributed by atoms with Crippen molar-refractivity contribution in [1.29, 1.82) is 0 Å². The number of benzene rings is 2. The van der Waals surface area contributed by atoms with Crippen LogP contribution in [0.1, 0.15) is 18.4 Å². The zero-order valence-electron chi connectivity index (χ0n) is 17.3. The molecule has 0 radical (unpaired) electrons. The molecule has 3 rings (SSSR count). The van der Waals surface area contributed by atoms with Gasteiger partial charge in [-0.25, -0.2) is 13.1 Å². The van der Waals surface area contributed by atoms with E-state index in [-0.39, 0.29) is 24.2 Å². The Morgan fingerprint density at radius 3 is 2.52 bits per heavy atom. The van der Waals surface area contributed by atoms with Crippen molar-refractivity contribution in [2.75, 3.05) is 25.0 Å². The molecule has 7 nitrogen and oxygen atoms in total. The van der Waals surface area contributed by atoms with Gasteiger partial charge in [0, 0.05) is 36.2 Å². The molecule has 2 aromatic rings. The number of phenolic OH excluding ortho intramolecular Hbond substituents is 1. The van der Waals surface area contributed by atoms with Crippen LogP contribution in [0.2, 0.25) is 5.02 Å². The molecule has 1 amide bonds. The van der Waals surface area contributed by atoms with E-state index in [9.17, 15) is 18.3 Å². The van der Waals surface area contributed by atoms with Crippen LogP contribution in [0.15, 0.2) is 48.4 Å². The molecule has 1 fully saturated rings. The summed E-state index contributed by atoms with van der Waals surface area (Å²) < 4.78 is 25.7. The van der Waals surface area contributed by atoms with Crippen LogP contribution in [0.25, 0.3) is 11.1 Å². The molecule has 0 spiro atoms. The third-order valence-corrected chi connectivity index (χ3v) is 6.69. The summed E-state index contributed by atoms with van der Waals surface area (Å²) >= 11 is 6.31. The SMILES string of the molecule is C=CS(=O)(=O)NC1CCN(C(=O)CNc2cc(-c3ccc(C)cc3)c(Cl)cc2O)CC1. The minimum absolute atomic E-state index is 0.00554. The molecule has 0 bridgehead atoms. The fourth-order valence-electron chi connectivity index (χ4n) is 3.47. The molecule has 1 saturated heterocycles. The zero-order chi connectivity index (χ0) is 22.6. The highest BCUT2D eigenvalue weighted by molar-refractivity contribution is 7.92.